The molecule has 3 heteroatoms. The lowest BCUT2D eigenvalue weighted by Gasteiger charge is -2.33. The molecule has 0 fully saturated rings. The summed E-state index contributed by atoms with van der Waals surface area (Å²) in [5.74, 6) is -0.103. The molecule has 7 aliphatic rings. The van der Waals surface area contributed by atoms with Crippen molar-refractivity contribution in [3.8, 4) is 89.0 Å². The van der Waals surface area contributed by atoms with Crippen LogP contribution in [-0.2, 0) is 33.5 Å². The van der Waals surface area contributed by atoms with Crippen LogP contribution in [0.3, 0.4) is 0 Å². The van der Waals surface area contributed by atoms with Crippen molar-refractivity contribution in [2.45, 2.75) is 81.0 Å². The van der Waals surface area contributed by atoms with Crippen LogP contribution in [0.15, 0.2) is 323 Å². The molecule has 1 unspecified atom stereocenters. The van der Waals surface area contributed by atoms with E-state index in [2.05, 4.69) is 351 Å². The third-order valence-electron chi connectivity index (χ3n) is 28.4. The van der Waals surface area contributed by atoms with E-state index < -0.39 is 16.2 Å². The Balaban J connectivity index is 0.726. The van der Waals surface area contributed by atoms with Crippen molar-refractivity contribution in [3.63, 3.8) is 0 Å². The summed E-state index contributed by atoms with van der Waals surface area (Å²) >= 11 is 0. The normalized spacial score (nSPS) is 16.1. The van der Waals surface area contributed by atoms with Gasteiger partial charge in [0.2, 0.25) is 0 Å². The van der Waals surface area contributed by atoms with Gasteiger partial charge in [-0.25, -0.2) is 0 Å². The number of furan rings is 3. The SMILES string of the molecule is CC1(C)c2cc(CC(c3ccc4c(c3)C(C)(C)c3c5c(c6c(oc7ccccc76)c3-4)-c3ccccc3C5(C)C)c3ccc4c(c3)C3(c5ccccc5-c5ccccc53)c3cc5c(cc3-4)C3(c4ccccc4-c4ccccc43)c3ccc4oc6ccccc6c4c3-5)ccc2-c2c1cc(-c1ccccc1)c1oc3ccccc3c21. The first-order chi connectivity index (χ1) is 54.8. The molecule has 7 aliphatic carbocycles. The fourth-order valence-electron chi connectivity index (χ4n) is 23.8. The second-order valence-corrected chi connectivity index (χ2v) is 34.6. The zero-order valence-corrected chi connectivity index (χ0v) is 63.0. The number of fused-ring (bicyclic) bond motifs is 43. The van der Waals surface area contributed by atoms with E-state index in [4.69, 9.17) is 13.3 Å². The van der Waals surface area contributed by atoms with Gasteiger partial charge in [-0.2, -0.15) is 0 Å². The highest BCUT2D eigenvalue weighted by molar-refractivity contribution is 6.22. The summed E-state index contributed by atoms with van der Waals surface area (Å²) in [5, 5.41) is 7.05. The molecular weight excluding hydrogens is 1360 g/mol. The Bertz CT molecular complexity index is 7490. The van der Waals surface area contributed by atoms with Crippen LogP contribution in [0.4, 0.5) is 0 Å². The molecule has 2 spiro atoms. The minimum absolute atomic E-state index is 0.103. The van der Waals surface area contributed by atoms with E-state index in [1.165, 1.54) is 194 Å². The van der Waals surface area contributed by atoms with Gasteiger partial charge in [0.1, 0.15) is 33.5 Å². The predicted octanol–water partition coefficient (Wildman–Crippen LogP) is 28.0. The number of para-hydroxylation sites is 3. The highest BCUT2D eigenvalue weighted by Gasteiger charge is 2.58. The molecule has 0 bridgehead atoms. The van der Waals surface area contributed by atoms with E-state index in [-0.39, 0.29) is 16.7 Å². The van der Waals surface area contributed by atoms with Crippen LogP contribution in [0.25, 0.3) is 155 Å². The third-order valence-corrected chi connectivity index (χ3v) is 28.4. The number of benzene rings is 16. The largest absolute Gasteiger partial charge is 0.456 e. The van der Waals surface area contributed by atoms with Gasteiger partial charge in [0.25, 0.3) is 0 Å². The van der Waals surface area contributed by atoms with Gasteiger partial charge >= 0.3 is 0 Å². The lowest BCUT2D eigenvalue weighted by molar-refractivity contribution is 0.599. The molecule has 1 atom stereocenters. The first-order valence-corrected chi connectivity index (χ1v) is 40.0. The van der Waals surface area contributed by atoms with Gasteiger partial charge in [0, 0.05) is 65.6 Å². The first-order valence-electron chi connectivity index (χ1n) is 40.0. The number of hydrogen-bond acceptors (Lipinski definition) is 3. The van der Waals surface area contributed by atoms with E-state index in [0.29, 0.717) is 0 Å². The lowest BCUT2D eigenvalue weighted by Crippen LogP contribution is -2.27. The Morgan fingerprint density at radius 1 is 0.241 bits per heavy atom. The summed E-state index contributed by atoms with van der Waals surface area (Å²) in [7, 11) is 0. The van der Waals surface area contributed by atoms with Gasteiger partial charge in [0.15, 0.2) is 0 Å². The van der Waals surface area contributed by atoms with Gasteiger partial charge in [0.05, 0.1) is 10.8 Å². The second-order valence-electron chi connectivity index (χ2n) is 34.6. The van der Waals surface area contributed by atoms with Crippen LogP contribution in [0.2, 0.25) is 0 Å². The lowest BCUT2D eigenvalue weighted by atomic mass is 9.68. The summed E-state index contributed by atoms with van der Waals surface area (Å²) < 4.78 is 21.2. The molecule has 3 aromatic heterocycles. The summed E-state index contributed by atoms with van der Waals surface area (Å²) in [4.78, 5) is 0. The van der Waals surface area contributed by atoms with Crippen molar-refractivity contribution < 1.29 is 13.3 Å². The second kappa shape index (κ2) is 20.9. The number of hydrogen-bond donors (Lipinski definition) is 0. The molecule has 3 nitrogen and oxygen atoms in total. The van der Waals surface area contributed by atoms with Crippen molar-refractivity contribution in [2.24, 2.45) is 0 Å². The van der Waals surface area contributed by atoms with E-state index in [1.54, 1.807) is 0 Å². The Kier molecular flexibility index (Phi) is 11.5. The Hall–Kier alpha value is -13.1. The zero-order chi connectivity index (χ0) is 73.9. The summed E-state index contributed by atoms with van der Waals surface area (Å²) in [6.45, 7) is 14.8. The van der Waals surface area contributed by atoms with E-state index in [0.717, 1.165) is 61.8 Å². The fourth-order valence-corrected chi connectivity index (χ4v) is 23.8. The van der Waals surface area contributed by atoms with Crippen molar-refractivity contribution in [1.82, 2.24) is 0 Å². The molecule has 0 amide bonds. The molecule has 526 valence electrons. The van der Waals surface area contributed by atoms with E-state index in [1.807, 2.05) is 0 Å². The van der Waals surface area contributed by atoms with Crippen molar-refractivity contribution in [2.75, 3.05) is 0 Å². The highest BCUT2D eigenvalue weighted by atomic mass is 16.3. The quantitative estimate of drug-likeness (QED) is 0.172. The molecule has 0 radical (unpaired) electrons. The molecule has 3 heterocycles. The molecule has 112 heavy (non-hydrogen) atoms. The molecule has 16 aromatic carbocycles. The minimum Gasteiger partial charge on any atom is -0.456 e. The fraction of sp³-hybridized carbons (Fsp3) is 0.119. The van der Waals surface area contributed by atoms with Crippen molar-refractivity contribution in [1.29, 1.82) is 0 Å². The third kappa shape index (κ3) is 7.24. The van der Waals surface area contributed by atoms with Gasteiger partial charge in [-0.3, -0.25) is 0 Å². The molecule has 0 aliphatic heterocycles. The molecular formula is C109H72O3. The van der Waals surface area contributed by atoms with Crippen LogP contribution in [0, 0.1) is 0 Å². The monoisotopic (exact) mass is 1430 g/mol. The number of rotatable bonds is 5. The first kappa shape index (κ1) is 61.8. The predicted molar refractivity (Wildman–Crippen MR) is 457 cm³/mol. The molecule has 0 saturated heterocycles. The molecule has 19 aromatic rings. The Labute approximate surface area is 648 Å². The van der Waals surface area contributed by atoms with Crippen LogP contribution < -0.4 is 0 Å². The van der Waals surface area contributed by atoms with Gasteiger partial charge in [-0.05, 0) is 221 Å². The Morgan fingerprint density at radius 3 is 1.30 bits per heavy atom. The average molecular weight is 1430 g/mol. The summed E-state index contributed by atoms with van der Waals surface area (Å²) in [5.41, 5.74) is 46.1. The molecule has 0 N–H and O–H groups in total. The Morgan fingerprint density at radius 2 is 0.661 bits per heavy atom. The van der Waals surface area contributed by atoms with Crippen LogP contribution in [0.5, 0.6) is 0 Å². The molecule has 0 saturated carbocycles. The van der Waals surface area contributed by atoms with Crippen molar-refractivity contribution in [3.05, 3.63) is 404 Å². The van der Waals surface area contributed by atoms with Gasteiger partial charge in [-0.1, -0.05) is 308 Å². The maximum atomic E-state index is 7.31. The smallest absolute Gasteiger partial charge is 0.144 e. The zero-order valence-electron chi connectivity index (χ0n) is 63.0. The van der Waals surface area contributed by atoms with Crippen molar-refractivity contribution >= 4 is 65.8 Å². The van der Waals surface area contributed by atoms with Crippen LogP contribution in [0.1, 0.15) is 142 Å². The van der Waals surface area contributed by atoms with E-state index in [9.17, 15) is 0 Å². The van der Waals surface area contributed by atoms with E-state index >= 15 is 0 Å². The topological polar surface area (TPSA) is 39.4 Å². The van der Waals surface area contributed by atoms with Gasteiger partial charge in [-0.15, -0.1) is 0 Å². The van der Waals surface area contributed by atoms with Gasteiger partial charge < -0.3 is 13.3 Å². The summed E-state index contributed by atoms with van der Waals surface area (Å²) in [6, 6.07) is 119. The maximum absolute atomic E-state index is 7.31. The highest BCUT2D eigenvalue weighted by Crippen LogP contribution is 2.71. The standard InChI is InChI=1S/C109H72O3/c1-105(2)84-53-59(44-47-69(84)94-89(105)56-75(60-26-8-7-9-27-60)103-98(94)72-34-16-24-42-91(72)111-103)52-74(61-46-49-70-85(54-61)107(5,6)102-100(70)104-99(73-35-17-25-43-92(73)112-104)97-68-32-14-18-36-78(68)106(3,4)101(97)102)62-45-48-67-76-57-88-77(58-87(76)109(86(67)55-62)81-39-21-12-30-65(81)66-31-13-22-40-82(66)109)95-83(50-51-93-96(95)71-33-15-23-41-90(71)110-93)108(88)79-37-19-10-28-63(79)64-29-11-20-38-80(64)108/h7-51,53-58,74H,52H2,1-6H3. The maximum Gasteiger partial charge on any atom is 0.144 e. The average Bonchev–Trinajstić information content (AvgIpc) is 1.49. The minimum atomic E-state index is -0.698. The van der Waals surface area contributed by atoms with Crippen LogP contribution >= 0.6 is 0 Å². The molecule has 26 rings (SSSR count). The van der Waals surface area contributed by atoms with Crippen LogP contribution in [-0.4, -0.2) is 0 Å². The summed E-state index contributed by atoms with van der Waals surface area (Å²) in [6.07, 6.45) is 0.754.